The Morgan fingerprint density at radius 3 is 2.48 bits per heavy atom. The van der Waals surface area contributed by atoms with Gasteiger partial charge in [0.05, 0.1) is 13.7 Å². The van der Waals surface area contributed by atoms with Crippen molar-refractivity contribution in [2.24, 2.45) is 0 Å². The lowest BCUT2D eigenvalue weighted by Gasteiger charge is -2.05. The summed E-state index contributed by atoms with van der Waals surface area (Å²) < 4.78 is 5.00. The molecule has 0 unspecified atom stereocenters. The first-order valence-corrected chi connectivity index (χ1v) is 6.11. The van der Waals surface area contributed by atoms with Crippen molar-refractivity contribution in [1.82, 2.24) is 15.5 Å². The zero-order valence-electron chi connectivity index (χ0n) is 11.3. The molecule has 0 aliphatic heterocycles. The van der Waals surface area contributed by atoms with E-state index in [1.165, 1.54) is 19.2 Å². The third kappa shape index (κ3) is 3.75. The first-order valence-electron chi connectivity index (χ1n) is 6.11. The largest absolute Gasteiger partial charge is 0.497 e. The number of rotatable bonds is 5. The summed E-state index contributed by atoms with van der Waals surface area (Å²) in [5.41, 5.74) is 0.100. The summed E-state index contributed by atoms with van der Waals surface area (Å²) in [6.45, 7) is -0.161. The lowest BCUT2D eigenvalue weighted by Crippen LogP contribution is -2.30. The molecule has 1 heterocycles. The number of H-pyrrole nitrogens is 1. The zero-order valence-corrected chi connectivity index (χ0v) is 11.3. The maximum Gasteiger partial charge on any atom is 0.272 e. The predicted octanol–water partition coefficient (Wildman–Crippen LogP) is 0.391. The Balaban J connectivity index is 1.95. The fraction of sp³-hybridized carbons (Fsp3) is 0.143. The van der Waals surface area contributed by atoms with Gasteiger partial charge in [-0.05, 0) is 30.3 Å². The fourth-order valence-electron chi connectivity index (χ4n) is 1.60. The summed E-state index contributed by atoms with van der Waals surface area (Å²) in [6.07, 6.45) is 0. The van der Waals surface area contributed by atoms with Gasteiger partial charge in [0.2, 0.25) is 0 Å². The van der Waals surface area contributed by atoms with Crippen LogP contribution in [0.3, 0.4) is 0 Å². The van der Waals surface area contributed by atoms with Crippen LogP contribution in [0.5, 0.6) is 5.75 Å². The number of methoxy groups -OCH3 is 1. The highest BCUT2D eigenvalue weighted by atomic mass is 16.5. The molecule has 0 spiro atoms. The molecule has 7 nitrogen and oxygen atoms in total. The number of carbonyl (C=O) groups excluding carboxylic acids is 2. The average Bonchev–Trinajstić information content (AvgIpc) is 2.53. The lowest BCUT2D eigenvalue weighted by atomic mass is 10.1. The van der Waals surface area contributed by atoms with Gasteiger partial charge in [-0.1, -0.05) is 0 Å². The van der Waals surface area contributed by atoms with Gasteiger partial charge < -0.3 is 10.1 Å². The molecular formula is C14H13N3O4. The number of carbonyl (C=O) groups is 2. The van der Waals surface area contributed by atoms with E-state index in [1.54, 1.807) is 24.3 Å². The number of aromatic nitrogens is 2. The quantitative estimate of drug-likeness (QED) is 0.775. The van der Waals surface area contributed by atoms with Crippen LogP contribution in [0.15, 0.2) is 41.2 Å². The van der Waals surface area contributed by atoms with Crippen LogP contribution in [-0.2, 0) is 0 Å². The van der Waals surface area contributed by atoms with E-state index in [-0.39, 0.29) is 18.0 Å². The minimum Gasteiger partial charge on any atom is -0.497 e. The lowest BCUT2D eigenvalue weighted by molar-refractivity contribution is 0.0900. The SMILES string of the molecule is COc1ccc(C(=O)CNC(=O)c2ccc(=O)[nH]n2)cc1. The van der Waals surface area contributed by atoms with Crippen LogP contribution in [-0.4, -0.2) is 35.5 Å². The standard InChI is InChI=1S/C14H13N3O4/c1-21-10-4-2-9(3-5-10)12(18)8-15-14(20)11-6-7-13(19)17-16-11/h2-7H,8H2,1H3,(H,15,20)(H,17,19). The van der Waals surface area contributed by atoms with E-state index in [0.29, 0.717) is 11.3 Å². The highest BCUT2D eigenvalue weighted by molar-refractivity contribution is 6.01. The van der Waals surface area contributed by atoms with Gasteiger partial charge in [-0.3, -0.25) is 14.4 Å². The molecule has 2 N–H and O–H groups in total. The molecule has 21 heavy (non-hydrogen) atoms. The topological polar surface area (TPSA) is 101 Å². The number of Topliss-reactive ketones (excluding diaryl/α,β-unsaturated/α-hetero) is 1. The van der Waals surface area contributed by atoms with Gasteiger partial charge in [-0.2, -0.15) is 5.10 Å². The number of amides is 1. The van der Waals surface area contributed by atoms with Crippen molar-refractivity contribution in [2.45, 2.75) is 0 Å². The van der Waals surface area contributed by atoms with Crippen molar-refractivity contribution < 1.29 is 14.3 Å². The Morgan fingerprint density at radius 2 is 1.90 bits per heavy atom. The molecule has 0 bridgehead atoms. The van der Waals surface area contributed by atoms with Gasteiger partial charge >= 0.3 is 0 Å². The minimum atomic E-state index is -0.534. The molecule has 0 saturated carbocycles. The van der Waals surface area contributed by atoms with Crippen LogP contribution in [0.1, 0.15) is 20.8 Å². The molecule has 1 aromatic carbocycles. The van der Waals surface area contributed by atoms with E-state index < -0.39 is 11.5 Å². The average molecular weight is 287 g/mol. The minimum absolute atomic E-state index is 0.0390. The Morgan fingerprint density at radius 1 is 1.19 bits per heavy atom. The van der Waals surface area contributed by atoms with E-state index >= 15 is 0 Å². The van der Waals surface area contributed by atoms with Crippen molar-refractivity contribution in [3.05, 3.63) is 58.0 Å². The van der Waals surface area contributed by atoms with Crippen molar-refractivity contribution >= 4 is 11.7 Å². The zero-order chi connectivity index (χ0) is 15.2. The molecular weight excluding hydrogens is 274 g/mol. The molecule has 2 rings (SSSR count). The van der Waals surface area contributed by atoms with Crippen LogP contribution < -0.4 is 15.6 Å². The highest BCUT2D eigenvalue weighted by Gasteiger charge is 2.11. The molecule has 0 aliphatic carbocycles. The molecule has 1 amide bonds. The Hall–Kier alpha value is -2.96. The summed E-state index contributed by atoms with van der Waals surface area (Å²) in [5, 5.41) is 8.16. The Kier molecular flexibility index (Phi) is 4.45. The first-order chi connectivity index (χ1) is 10.1. The van der Waals surface area contributed by atoms with Gasteiger partial charge in [0.25, 0.3) is 11.5 Å². The first kappa shape index (κ1) is 14.4. The molecule has 108 valence electrons. The Bertz CT molecular complexity index is 686. The molecule has 0 fully saturated rings. The molecule has 0 radical (unpaired) electrons. The molecule has 7 heteroatoms. The van der Waals surface area contributed by atoms with E-state index in [2.05, 4.69) is 15.5 Å². The smallest absolute Gasteiger partial charge is 0.272 e. The number of nitrogens with zero attached hydrogens (tertiary/aromatic N) is 1. The summed E-state index contributed by atoms with van der Waals surface area (Å²) in [7, 11) is 1.54. The number of benzene rings is 1. The molecule has 0 saturated heterocycles. The number of nitrogens with one attached hydrogen (secondary N) is 2. The fourth-order valence-corrected chi connectivity index (χ4v) is 1.60. The highest BCUT2D eigenvalue weighted by Crippen LogP contribution is 2.11. The van der Waals surface area contributed by atoms with Crippen LogP contribution in [0.4, 0.5) is 0 Å². The van der Waals surface area contributed by atoms with Gasteiger partial charge in [0, 0.05) is 11.6 Å². The van der Waals surface area contributed by atoms with Crippen LogP contribution in [0.25, 0.3) is 0 Å². The van der Waals surface area contributed by atoms with Crippen molar-refractivity contribution in [3.63, 3.8) is 0 Å². The normalized spacial score (nSPS) is 9.95. The number of ketones is 1. The molecule has 2 aromatic rings. The predicted molar refractivity (Wildman–Crippen MR) is 74.5 cm³/mol. The van der Waals surface area contributed by atoms with Crippen LogP contribution in [0, 0.1) is 0 Å². The number of hydrogen-bond acceptors (Lipinski definition) is 5. The van der Waals surface area contributed by atoms with E-state index in [0.717, 1.165) is 0 Å². The van der Waals surface area contributed by atoms with E-state index in [1.807, 2.05) is 0 Å². The van der Waals surface area contributed by atoms with E-state index in [9.17, 15) is 14.4 Å². The van der Waals surface area contributed by atoms with Crippen molar-refractivity contribution in [2.75, 3.05) is 13.7 Å². The van der Waals surface area contributed by atoms with Gasteiger partial charge in [-0.15, -0.1) is 0 Å². The number of ether oxygens (including phenoxy) is 1. The maximum atomic E-state index is 11.9. The van der Waals surface area contributed by atoms with E-state index in [4.69, 9.17) is 4.74 Å². The van der Waals surface area contributed by atoms with Crippen molar-refractivity contribution in [1.29, 1.82) is 0 Å². The number of hydrogen-bond donors (Lipinski definition) is 2. The summed E-state index contributed by atoms with van der Waals surface area (Å²) >= 11 is 0. The molecule has 1 aromatic heterocycles. The third-order valence-electron chi connectivity index (χ3n) is 2.73. The second-order valence-corrected chi connectivity index (χ2v) is 4.14. The van der Waals surface area contributed by atoms with Gasteiger partial charge in [0.15, 0.2) is 5.78 Å². The molecule has 0 aliphatic rings. The molecule has 0 atom stereocenters. The monoisotopic (exact) mass is 287 g/mol. The van der Waals surface area contributed by atoms with Crippen LogP contribution in [0.2, 0.25) is 0 Å². The van der Waals surface area contributed by atoms with Crippen molar-refractivity contribution in [3.8, 4) is 5.75 Å². The number of aromatic amines is 1. The maximum absolute atomic E-state index is 11.9. The second-order valence-electron chi connectivity index (χ2n) is 4.14. The van der Waals surface area contributed by atoms with Crippen LogP contribution >= 0.6 is 0 Å². The Labute approximate surface area is 120 Å². The third-order valence-corrected chi connectivity index (χ3v) is 2.73. The van der Waals surface area contributed by atoms with Gasteiger partial charge in [0.1, 0.15) is 11.4 Å². The summed E-state index contributed by atoms with van der Waals surface area (Å²) in [6, 6.07) is 9.04. The second kappa shape index (κ2) is 6.47. The summed E-state index contributed by atoms with van der Waals surface area (Å²) in [4.78, 5) is 34.5. The summed E-state index contributed by atoms with van der Waals surface area (Å²) in [5.74, 6) is -0.128. The van der Waals surface area contributed by atoms with Gasteiger partial charge in [-0.25, -0.2) is 5.10 Å².